The molecule has 0 saturated carbocycles. The van der Waals surface area contributed by atoms with Gasteiger partial charge in [-0.2, -0.15) is 5.26 Å². The molecule has 2 aromatic carbocycles. The minimum Gasteiger partial charge on any atom is -0.491 e. The van der Waals surface area contributed by atoms with Crippen molar-refractivity contribution >= 4 is 16.9 Å². The summed E-state index contributed by atoms with van der Waals surface area (Å²) in [6.07, 6.45) is 1.78. The summed E-state index contributed by atoms with van der Waals surface area (Å²) in [6, 6.07) is 15.7. The van der Waals surface area contributed by atoms with Crippen molar-refractivity contribution in [1.82, 2.24) is 4.57 Å². The molecule has 5 heteroatoms. The molecule has 0 aliphatic carbocycles. The van der Waals surface area contributed by atoms with Gasteiger partial charge in [0.25, 0.3) is 0 Å². The first-order valence-corrected chi connectivity index (χ1v) is 9.49. The molecule has 0 bridgehead atoms. The maximum atomic E-state index is 11.9. The van der Waals surface area contributed by atoms with Gasteiger partial charge >= 0.3 is 5.97 Å². The summed E-state index contributed by atoms with van der Waals surface area (Å²) in [7, 11) is 1.93. The maximum Gasteiger partial charge on any atom is 0.310 e. The monoisotopic (exact) mass is 388 g/mol. The summed E-state index contributed by atoms with van der Waals surface area (Å²) in [5, 5.41) is 10.7. The van der Waals surface area contributed by atoms with Crippen LogP contribution in [0.5, 0.6) is 5.75 Å². The van der Waals surface area contributed by atoms with E-state index < -0.39 is 0 Å². The number of ether oxygens (including phenoxy) is 2. The molecule has 5 nitrogen and oxygen atoms in total. The van der Waals surface area contributed by atoms with E-state index in [0.717, 1.165) is 33.5 Å². The van der Waals surface area contributed by atoms with Crippen LogP contribution in [0.3, 0.4) is 0 Å². The fraction of sp³-hybridized carbons (Fsp3) is 0.250. The highest BCUT2D eigenvalue weighted by atomic mass is 16.5. The number of fused-ring (bicyclic) bond motifs is 1. The normalized spacial score (nSPS) is 10.7. The Morgan fingerprint density at radius 3 is 2.76 bits per heavy atom. The number of nitriles is 1. The molecular weight excluding hydrogens is 364 g/mol. The van der Waals surface area contributed by atoms with E-state index in [-0.39, 0.29) is 25.1 Å². The van der Waals surface area contributed by atoms with Crippen molar-refractivity contribution in [2.75, 3.05) is 6.61 Å². The van der Waals surface area contributed by atoms with E-state index in [1.54, 1.807) is 6.08 Å². The number of rotatable bonds is 7. The smallest absolute Gasteiger partial charge is 0.310 e. The van der Waals surface area contributed by atoms with Crippen molar-refractivity contribution in [2.45, 2.75) is 26.4 Å². The van der Waals surface area contributed by atoms with Gasteiger partial charge in [0.05, 0.1) is 29.3 Å². The Kier molecular flexibility index (Phi) is 6.04. The fourth-order valence-corrected chi connectivity index (χ4v) is 3.41. The second kappa shape index (κ2) is 8.66. The quantitative estimate of drug-likeness (QED) is 0.432. The number of hydrogen-bond donors (Lipinski definition) is 0. The molecule has 0 N–H and O–H groups in total. The SMILES string of the molecule is C=CCOC(=O)Cc1cccc(-c2c(C#N)c3ccc(OC(C)C)cc3n2C)c1. The molecule has 0 fully saturated rings. The Bertz CT molecular complexity index is 1100. The van der Waals surface area contributed by atoms with Crippen LogP contribution in [0.2, 0.25) is 0 Å². The van der Waals surface area contributed by atoms with Crippen LogP contribution in [0.1, 0.15) is 25.0 Å². The summed E-state index contributed by atoms with van der Waals surface area (Å²) in [5.74, 6) is 0.456. The summed E-state index contributed by atoms with van der Waals surface area (Å²) in [6.45, 7) is 7.70. The molecule has 1 heterocycles. The molecule has 29 heavy (non-hydrogen) atoms. The van der Waals surface area contributed by atoms with Gasteiger partial charge in [-0.3, -0.25) is 4.79 Å². The lowest BCUT2D eigenvalue weighted by atomic mass is 10.0. The predicted octanol–water partition coefficient (Wildman–Crippen LogP) is 4.78. The van der Waals surface area contributed by atoms with Crippen molar-refractivity contribution in [3.63, 3.8) is 0 Å². The first-order chi connectivity index (χ1) is 13.9. The first kappa shape index (κ1) is 20.2. The zero-order valence-electron chi connectivity index (χ0n) is 16.9. The zero-order chi connectivity index (χ0) is 21.0. The average Bonchev–Trinajstić information content (AvgIpc) is 2.97. The Labute approximate surface area is 170 Å². The van der Waals surface area contributed by atoms with Crippen molar-refractivity contribution in [2.24, 2.45) is 7.05 Å². The van der Waals surface area contributed by atoms with Crippen LogP contribution in [-0.4, -0.2) is 23.2 Å². The summed E-state index contributed by atoms with van der Waals surface area (Å²) in [5.41, 5.74) is 4.04. The highest BCUT2D eigenvalue weighted by Crippen LogP contribution is 2.35. The van der Waals surface area contributed by atoms with Crippen LogP contribution in [0, 0.1) is 11.3 Å². The molecule has 3 aromatic rings. The molecule has 0 aliphatic heterocycles. The van der Waals surface area contributed by atoms with Crippen molar-refractivity contribution in [3.05, 3.63) is 66.2 Å². The van der Waals surface area contributed by atoms with Crippen LogP contribution in [0.25, 0.3) is 22.2 Å². The average molecular weight is 388 g/mol. The molecule has 0 spiro atoms. The van der Waals surface area contributed by atoms with Gasteiger partial charge in [-0.15, -0.1) is 0 Å². The minimum absolute atomic E-state index is 0.0696. The number of esters is 1. The van der Waals surface area contributed by atoms with Gasteiger partial charge in [-0.1, -0.05) is 30.9 Å². The van der Waals surface area contributed by atoms with Gasteiger partial charge in [0.2, 0.25) is 0 Å². The summed E-state index contributed by atoms with van der Waals surface area (Å²) in [4.78, 5) is 11.9. The molecule has 0 radical (unpaired) electrons. The standard InChI is InChI=1S/C24H24N2O3/c1-5-11-28-23(27)13-17-7-6-8-18(12-17)24-21(15-25)20-10-9-19(29-16(2)3)14-22(20)26(24)4/h5-10,12,14,16H,1,11,13H2,2-4H3. The van der Waals surface area contributed by atoms with Gasteiger partial charge in [0, 0.05) is 18.5 Å². The van der Waals surface area contributed by atoms with Crippen LogP contribution in [-0.2, 0) is 23.0 Å². The molecule has 0 unspecified atom stereocenters. The Morgan fingerprint density at radius 2 is 2.07 bits per heavy atom. The topological polar surface area (TPSA) is 64.2 Å². The Morgan fingerprint density at radius 1 is 1.28 bits per heavy atom. The molecule has 0 aliphatic rings. The van der Waals surface area contributed by atoms with Crippen molar-refractivity contribution in [3.8, 4) is 23.1 Å². The second-order valence-corrected chi connectivity index (χ2v) is 7.09. The van der Waals surface area contributed by atoms with E-state index in [0.29, 0.717) is 5.56 Å². The summed E-state index contributed by atoms with van der Waals surface area (Å²) >= 11 is 0. The molecule has 0 amide bonds. The second-order valence-electron chi connectivity index (χ2n) is 7.09. The number of carbonyl (C=O) groups is 1. The molecule has 148 valence electrons. The summed E-state index contributed by atoms with van der Waals surface area (Å²) < 4.78 is 12.9. The van der Waals surface area contributed by atoms with E-state index in [1.807, 2.05) is 67.9 Å². The third kappa shape index (κ3) is 4.33. The third-order valence-electron chi connectivity index (χ3n) is 4.57. The molecule has 3 rings (SSSR count). The van der Waals surface area contributed by atoms with E-state index in [1.165, 1.54) is 0 Å². The van der Waals surface area contributed by atoms with E-state index in [4.69, 9.17) is 9.47 Å². The van der Waals surface area contributed by atoms with E-state index in [9.17, 15) is 10.1 Å². The first-order valence-electron chi connectivity index (χ1n) is 9.49. The number of aryl methyl sites for hydroxylation is 1. The lowest BCUT2D eigenvalue weighted by Gasteiger charge is -2.10. The zero-order valence-corrected chi connectivity index (χ0v) is 16.9. The number of nitrogens with zero attached hydrogens (tertiary/aromatic N) is 2. The highest BCUT2D eigenvalue weighted by molar-refractivity contribution is 5.95. The largest absolute Gasteiger partial charge is 0.491 e. The Hall–Kier alpha value is -3.52. The molecule has 0 atom stereocenters. The maximum absolute atomic E-state index is 11.9. The third-order valence-corrected chi connectivity index (χ3v) is 4.57. The van der Waals surface area contributed by atoms with Crippen molar-refractivity contribution < 1.29 is 14.3 Å². The number of benzene rings is 2. The van der Waals surface area contributed by atoms with Gasteiger partial charge in [0.15, 0.2) is 0 Å². The minimum atomic E-state index is -0.310. The van der Waals surface area contributed by atoms with Crippen LogP contribution in [0.4, 0.5) is 0 Å². The van der Waals surface area contributed by atoms with Gasteiger partial charge in [0.1, 0.15) is 18.4 Å². The molecular formula is C24H24N2O3. The number of aromatic nitrogens is 1. The van der Waals surface area contributed by atoms with Crippen LogP contribution < -0.4 is 4.74 Å². The fourth-order valence-electron chi connectivity index (χ4n) is 3.41. The van der Waals surface area contributed by atoms with Crippen LogP contribution >= 0.6 is 0 Å². The number of hydrogen-bond acceptors (Lipinski definition) is 4. The van der Waals surface area contributed by atoms with Crippen LogP contribution in [0.15, 0.2) is 55.1 Å². The van der Waals surface area contributed by atoms with Gasteiger partial charge in [-0.25, -0.2) is 0 Å². The lowest BCUT2D eigenvalue weighted by Crippen LogP contribution is -2.08. The number of carbonyl (C=O) groups excluding carboxylic acids is 1. The molecule has 0 saturated heterocycles. The van der Waals surface area contributed by atoms with Gasteiger partial charge in [-0.05, 0) is 43.2 Å². The van der Waals surface area contributed by atoms with E-state index in [2.05, 4.69) is 12.6 Å². The van der Waals surface area contributed by atoms with E-state index >= 15 is 0 Å². The highest BCUT2D eigenvalue weighted by Gasteiger charge is 2.18. The molecule has 1 aromatic heterocycles. The Balaban J connectivity index is 2.04. The van der Waals surface area contributed by atoms with Gasteiger partial charge < -0.3 is 14.0 Å². The van der Waals surface area contributed by atoms with Crippen molar-refractivity contribution in [1.29, 1.82) is 5.26 Å². The lowest BCUT2D eigenvalue weighted by molar-refractivity contribution is -0.141. The predicted molar refractivity (Wildman–Crippen MR) is 114 cm³/mol.